The number of hydrogen-bond acceptors (Lipinski definition) is 6. The van der Waals surface area contributed by atoms with E-state index >= 15 is 0 Å². The summed E-state index contributed by atoms with van der Waals surface area (Å²) in [5, 5.41) is 32.8. The Balaban J connectivity index is 0.000000305. The second-order valence-electron chi connectivity index (χ2n) is 14.9. The molecule has 0 spiro atoms. The Morgan fingerprint density at radius 1 is 0.729 bits per heavy atom. The lowest BCUT2D eigenvalue weighted by Crippen LogP contribution is -2.28. The predicted molar refractivity (Wildman–Crippen MR) is 233 cm³/mol. The number of nitrogens with zero attached hydrogens (tertiary/aromatic N) is 2. The van der Waals surface area contributed by atoms with Crippen LogP contribution in [0.5, 0.6) is 0 Å². The van der Waals surface area contributed by atoms with Crippen molar-refractivity contribution in [3.63, 3.8) is 0 Å². The highest BCUT2D eigenvalue weighted by molar-refractivity contribution is 6.12. The maximum atomic E-state index is 14.0. The molecule has 0 aliphatic carbocycles. The normalized spacial score (nSPS) is 12.1. The monoisotopic (exact) mass is 798 g/mol. The highest BCUT2D eigenvalue weighted by Gasteiger charge is 2.31. The number of nitrogens with two attached hydrogens (primary N) is 1. The largest absolute Gasteiger partial charge is 0.481 e. The van der Waals surface area contributed by atoms with Crippen molar-refractivity contribution in [3.05, 3.63) is 174 Å². The molecular weight excluding hydrogens is 744 g/mol. The number of carboxylic acids is 1. The van der Waals surface area contributed by atoms with Gasteiger partial charge in [0.05, 0.1) is 29.9 Å². The average molecular weight is 799 g/mol. The number of hydrogen-bond donors (Lipinski definition) is 5. The van der Waals surface area contributed by atoms with Crippen LogP contribution in [-0.2, 0) is 24.4 Å². The van der Waals surface area contributed by atoms with Crippen LogP contribution in [0.2, 0.25) is 0 Å². The summed E-state index contributed by atoms with van der Waals surface area (Å²) >= 11 is 0. The van der Waals surface area contributed by atoms with Crippen molar-refractivity contribution in [2.24, 2.45) is 5.73 Å². The lowest BCUT2D eigenvalue weighted by atomic mass is 9.94. The van der Waals surface area contributed by atoms with Gasteiger partial charge in [-0.25, -0.2) is 4.39 Å². The van der Waals surface area contributed by atoms with E-state index in [0.29, 0.717) is 34.6 Å². The lowest BCUT2D eigenvalue weighted by molar-refractivity contribution is -0.139. The van der Waals surface area contributed by atoms with Crippen LogP contribution in [0, 0.1) is 5.82 Å². The highest BCUT2D eigenvalue weighted by atomic mass is 19.1. The smallest absolute Gasteiger partial charge is 0.305 e. The van der Waals surface area contributed by atoms with Gasteiger partial charge in [-0.1, -0.05) is 123 Å². The number of carboxylic acid groups (broad SMARTS) is 1. The highest BCUT2D eigenvalue weighted by Crippen LogP contribution is 2.42. The number of rotatable bonds is 18. The number of anilines is 1. The van der Waals surface area contributed by atoms with Gasteiger partial charge in [-0.3, -0.25) is 14.5 Å². The molecule has 6 N–H and O–H groups in total. The zero-order valence-corrected chi connectivity index (χ0v) is 33.8. The van der Waals surface area contributed by atoms with Gasteiger partial charge in [-0.05, 0) is 77.4 Å². The number of carbonyl (C=O) groups excluding carboxylic acids is 1. The molecule has 308 valence electrons. The van der Waals surface area contributed by atoms with Crippen LogP contribution in [0.3, 0.4) is 0 Å². The first-order valence-electron chi connectivity index (χ1n) is 20.1. The number of carbonyl (C=O) groups is 2. The predicted octanol–water partition coefficient (Wildman–Crippen LogP) is 8.96. The first kappa shape index (κ1) is 44.2. The zero-order valence-electron chi connectivity index (χ0n) is 33.8. The van der Waals surface area contributed by atoms with E-state index in [9.17, 15) is 24.2 Å². The molecule has 1 amide bonds. The van der Waals surface area contributed by atoms with Crippen LogP contribution in [0.15, 0.2) is 146 Å². The molecule has 9 nitrogen and oxygen atoms in total. The van der Waals surface area contributed by atoms with Crippen LogP contribution in [-0.4, -0.2) is 62.0 Å². The molecule has 0 aliphatic rings. The fraction of sp³-hybridized carbons (Fsp3) is 0.265. The summed E-state index contributed by atoms with van der Waals surface area (Å²) in [5.74, 6) is -1.93. The molecule has 0 saturated heterocycles. The molecule has 1 aromatic heterocycles. The van der Waals surface area contributed by atoms with Gasteiger partial charge in [0.25, 0.3) is 5.91 Å². The van der Waals surface area contributed by atoms with Gasteiger partial charge < -0.3 is 30.9 Å². The minimum atomic E-state index is -1.18. The van der Waals surface area contributed by atoms with E-state index in [1.807, 2.05) is 91.2 Å². The Hall–Kier alpha value is -5.91. The van der Waals surface area contributed by atoms with Crippen molar-refractivity contribution >= 4 is 17.6 Å². The second kappa shape index (κ2) is 22.3. The molecule has 1 heterocycles. The summed E-state index contributed by atoms with van der Waals surface area (Å²) in [5.41, 5.74) is 13.1. The SMILES string of the molecule is CC(C)c1c(C(=O)Nc2ccccc2)c(-c2ccccc2)c(-c2ccc(F)cc2)n1CC[C@@H](O)C[C@@H](O)CC(=O)O.NCCN(Cc1ccccc1)Cc1ccccc1. The Kier molecular flexibility index (Phi) is 16.7. The van der Waals surface area contributed by atoms with Gasteiger partial charge in [0.1, 0.15) is 5.82 Å². The summed E-state index contributed by atoms with van der Waals surface area (Å²) < 4.78 is 16.0. The van der Waals surface area contributed by atoms with E-state index in [4.69, 9.17) is 10.8 Å². The number of aromatic nitrogens is 1. The number of aliphatic hydroxyl groups is 2. The maximum Gasteiger partial charge on any atom is 0.305 e. The lowest BCUT2D eigenvalue weighted by Gasteiger charge is -2.21. The third kappa shape index (κ3) is 13.0. The summed E-state index contributed by atoms with van der Waals surface area (Å²) in [7, 11) is 0. The first-order chi connectivity index (χ1) is 28.5. The quantitative estimate of drug-likeness (QED) is 0.0585. The van der Waals surface area contributed by atoms with Gasteiger partial charge in [0, 0.05) is 49.7 Å². The molecule has 0 aliphatic heterocycles. The van der Waals surface area contributed by atoms with Gasteiger partial charge in [0.2, 0.25) is 0 Å². The minimum Gasteiger partial charge on any atom is -0.481 e. The third-order valence-corrected chi connectivity index (χ3v) is 9.87. The molecule has 0 radical (unpaired) electrons. The van der Waals surface area contributed by atoms with E-state index in [2.05, 4.69) is 58.7 Å². The molecule has 6 aromatic rings. The maximum absolute atomic E-state index is 14.0. The van der Waals surface area contributed by atoms with E-state index in [0.717, 1.165) is 30.9 Å². The number of para-hydroxylation sites is 1. The van der Waals surface area contributed by atoms with Gasteiger partial charge in [-0.2, -0.15) is 0 Å². The van der Waals surface area contributed by atoms with Crippen LogP contribution >= 0.6 is 0 Å². The second-order valence-corrected chi connectivity index (χ2v) is 14.9. The van der Waals surface area contributed by atoms with Gasteiger partial charge in [0.15, 0.2) is 0 Å². The molecule has 0 saturated carbocycles. The number of aliphatic carboxylic acids is 1. The number of aliphatic hydroxyl groups excluding tert-OH is 2. The summed E-state index contributed by atoms with van der Waals surface area (Å²) in [4.78, 5) is 27.4. The number of benzene rings is 5. The van der Waals surface area contributed by atoms with Crippen molar-refractivity contribution in [2.75, 3.05) is 18.4 Å². The fourth-order valence-corrected chi connectivity index (χ4v) is 7.28. The topological polar surface area (TPSA) is 141 Å². The summed E-state index contributed by atoms with van der Waals surface area (Å²) in [6.45, 7) is 7.77. The Morgan fingerprint density at radius 3 is 1.76 bits per heavy atom. The molecule has 10 heteroatoms. The Morgan fingerprint density at radius 2 is 1.25 bits per heavy atom. The van der Waals surface area contributed by atoms with Crippen LogP contribution in [0.1, 0.15) is 66.2 Å². The standard InChI is InChI=1S/C33H35FN2O5.C16H20N2/c1-21(2)31-30(33(41)35-25-11-7-4-8-12-25)29(22-9-5-3-6-10-22)32(23-13-15-24(34)16-14-23)36(31)18-17-26(37)19-27(38)20-28(39)40;17-11-12-18(13-15-7-3-1-4-8-15)14-16-9-5-2-6-10-16/h3-16,21,26-27,37-38H,17-20H2,1-2H3,(H,35,41)(H,39,40);1-10H,11-14,17H2/t26-,27-;/m1./s1. The Labute approximate surface area is 346 Å². The summed E-state index contributed by atoms with van der Waals surface area (Å²) in [6, 6.07) is 45.8. The average Bonchev–Trinajstić information content (AvgIpc) is 3.57. The summed E-state index contributed by atoms with van der Waals surface area (Å²) in [6.07, 6.45) is -2.51. The van der Waals surface area contributed by atoms with E-state index in [-0.39, 0.29) is 37.0 Å². The Bertz CT molecular complexity index is 2140. The number of amides is 1. The van der Waals surface area contributed by atoms with Gasteiger partial charge in [-0.15, -0.1) is 0 Å². The van der Waals surface area contributed by atoms with Crippen LogP contribution < -0.4 is 11.1 Å². The fourth-order valence-electron chi connectivity index (χ4n) is 7.28. The van der Waals surface area contributed by atoms with Crippen molar-refractivity contribution in [1.29, 1.82) is 0 Å². The third-order valence-electron chi connectivity index (χ3n) is 9.87. The van der Waals surface area contributed by atoms with Crippen molar-refractivity contribution in [1.82, 2.24) is 9.47 Å². The first-order valence-corrected chi connectivity index (χ1v) is 20.1. The molecule has 0 bridgehead atoms. The van der Waals surface area contributed by atoms with E-state index in [1.54, 1.807) is 12.1 Å². The van der Waals surface area contributed by atoms with Gasteiger partial charge >= 0.3 is 5.97 Å². The molecule has 59 heavy (non-hydrogen) atoms. The van der Waals surface area contributed by atoms with E-state index < -0.39 is 24.6 Å². The molecule has 2 atom stereocenters. The number of halogens is 1. The van der Waals surface area contributed by atoms with Crippen molar-refractivity contribution in [2.45, 2.75) is 70.9 Å². The van der Waals surface area contributed by atoms with Crippen molar-refractivity contribution in [3.8, 4) is 22.4 Å². The van der Waals surface area contributed by atoms with E-state index in [1.165, 1.54) is 23.3 Å². The minimum absolute atomic E-state index is 0.0939. The zero-order chi connectivity index (χ0) is 42.1. The molecule has 0 fully saturated rings. The molecule has 0 unspecified atom stereocenters. The molecule has 5 aromatic carbocycles. The molecule has 6 rings (SSSR count). The van der Waals surface area contributed by atoms with Crippen molar-refractivity contribution < 1.29 is 29.3 Å². The molecular formula is C49H55FN4O5. The van der Waals surface area contributed by atoms with Crippen LogP contribution in [0.25, 0.3) is 22.4 Å². The number of nitrogens with one attached hydrogen (secondary N) is 1. The van der Waals surface area contributed by atoms with Crippen LogP contribution in [0.4, 0.5) is 10.1 Å².